The van der Waals surface area contributed by atoms with E-state index >= 15 is 0 Å². The molecule has 0 aliphatic carbocycles. The third-order valence-corrected chi connectivity index (χ3v) is 3.23. The van der Waals surface area contributed by atoms with Gasteiger partial charge in [-0.15, -0.1) is 0 Å². The lowest BCUT2D eigenvalue weighted by molar-refractivity contribution is 0.249. The van der Waals surface area contributed by atoms with Crippen LogP contribution in [0, 0.1) is 13.8 Å². The molecule has 0 fully saturated rings. The summed E-state index contributed by atoms with van der Waals surface area (Å²) in [5, 5.41) is 17.2. The number of carbonyl (C=O) groups excluding carboxylic acids is 1. The number of nitrogens with zero attached hydrogens (tertiary/aromatic N) is 3. The van der Waals surface area contributed by atoms with Crippen molar-refractivity contribution in [2.24, 2.45) is 0 Å². The van der Waals surface area contributed by atoms with E-state index in [9.17, 15) is 4.79 Å². The highest BCUT2D eigenvalue weighted by Crippen LogP contribution is 2.11. The van der Waals surface area contributed by atoms with Gasteiger partial charge in [0.25, 0.3) is 0 Å². The molecule has 2 aromatic heterocycles. The number of aromatic nitrogens is 4. The first-order chi connectivity index (χ1) is 10.5. The highest BCUT2D eigenvalue weighted by atomic mass is 16.2. The second-order valence-electron chi connectivity index (χ2n) is 5.64. The fraction of sp³-hybridized carbons (Fsp3) is 0.533. The molecular weight excluding hydrogens is 280 g/mol. The van der Waals surface area contributed by atoms with Gasteiger partial charge in [0.2, 0.25) is 0 Å². The lowest BCUT2D eigenvalue weighted by Crippen LogP contribution is -2.37. The molecule has 0 aliphatic rings. The normalized spacial score (nSPS) is 12.2. The summed E-state index contributed by atoms with van der Waals surface area (Å²) < 4.78 is 1.82. The van der Waals surface area contributed by atoms with Crippen molar-refractivity contribution in [2.45, 2.75) is 53.1 Å². The Bertz CT molecular complexity index is 630. The van der Waals surface area contributed by atoms with Crippen LogP contribution in [0.5, 0.6) is 0 Å². The molecule has 7 nitrogen and oxygen atoms in total. The van der Waals surface area contributed by atoms with Gasteiger partial charge in [-0.1, -0.05) is 6.92 Å². The molecule has 22 heavy (non-hydrogen) atoms. The van der Waals surface area contributed by atoms with Gasteiger partial charge in [0.1, 0.15) is 5.82 Å². The van der Waals surface area contributed by atoms with Gasteiger partial charge in [0.05, 0.1) is 11.4 Å². The van der Waals surface area contributed by atoms with Crippen LogP contribution in [-0.4, -0.2) is 32.1 Å². The smallest absolute Gasteiger partial charge is 0.320 e. The molecule has 1 atom stereocenters. The van der Waals surface area contributed by atoms with Crippen molar-refractivity contribution in [2.75, 3.05) is 5.32 Å². The van der Waals surface area contributed by atoms with Gasteiger partial charge in [-0.3, -0.25) is 10.4 Å². The number of nitrogens with one attached hydrogen (secondary N) is 3. The zero-order valence-corrected chi connectivity index (χ0v) is 13.6. The summed E-state index contributed by atoms with van der Waals surface area (Å²) in [6.45, 7) is 8.69. The standard InChI is InChI=1S/C15H24N6O/c1-5-6-21-14(9-12(4)20-21)17-15(22)16-10(2)7-13-8-11(3)18-19-13/h8-10H,5-7H2,1-4H3,(H,18,19)(H2,16,17,22). The molecule has 0 bridgehead atoms. The van der Waals surface area contributed by atoms with Crippen LogP contribution in [0.25, 0.3) is 0 Å². The van der Waals surface area contributed by atoms with Crippen LogP contribution in [0.1, 0.15) is 37.4 Å². The molecule has 0 aromatic carbocycles. The summed E-state index contributed by atoms with van der Waals surface area (Å²) in [6, 6.07) is 3.62. The van der Waals surface area contributed by atoms with Crippen LogP contribution >= 0.6 is 0 Å². The molecule has 0 saturated heterocycles. The Morgan fingerprint density at radius 2 is 2.18 bits per heavy atom. The molecule has 0 saturated carbocycles. The van der Waals surface area contributed by atoms with Crippen molar-refractivity contribution < 1.29 is 4.79 Å². The zero-order chi connectivity index (χ0) is 16.1. The molecule has 2 amide bonds. The number of carbonyl (C=O) groups is 1. The zero-order valence-electron chi connectivity index (χ0n) is 13.6. The van der Waals surface area contributed by atoms with E-state index in [-0.39, 0.29) is 12.1 Å². The number of rotatable bonds is 6. The number of anilines is 1. The largest absolute Gasteiger partial charge is 0.335 e. The first-order valence-electron chi connectivity index (χ1n) is 7.60. The molecular formula is C15H24N6O. The number of amides is 2. The Kier molecular flexibility index (Phi) is 5.19. The topological polar surface area (TPSA) is 87.6 Å². The molecule has 7 heteroatoms. The number of hydrogen-bond donors (Lipinski definition) is 3. The van der Waals surface area contributed by atoms with Crippen LogP contribution in [0.15, 0.2) is 12.1 Å². The summed E-state index contributed by atoms with van der Waals surface area (Å²) >= 11 is 0. The minimum absolute atomic E-state index is 0.00802. The summed E-state index contributed by atoms with van der Waals surface area (Å²) in [4.78, 5) is 12.1. The monoisotopic (exact) mass is 304 g/mol. The number of aromatic amines is 1. The summed E-state index contributed by atoms with van der Waals surface area (Å²) in [5.74, 6) is 0.722. The quantitative estimate of drug-likeness (QED) is 0.765. The second kappa shape index (κ2) is 7.11. The molecule has 120 valence electrons. The Morgan fingerprint density at radius 3 is 2.82 bits per heavy atom. The van der Waals surface area contributed by atoms with Crippen LogP contribution in [-0.2, 0) is 13.0 Å². The SMILES string of the molecule is CCCn1nc(C)cc1NC(=O)NC(C)Cc1cc(C)[nH]n1. The van der Waals surface area contributed by atoms with Crippen LogP contribution in [0.2, 0.25) is 0 Å². The Morgan fingerprint density at radius 1 is 1.41 bits per heavy atom. The minimum Gasteiger partial charge on any atom is -0.335 e. The van der Waals surface area contributed by atoms with E-state index in [2.05, 4.69) is 32.9 Å². The fourth-order valence-corrected chi connectivity index (χ4v) is 2.35. The molecule has 0 spiro atoms. The van der Waals surface area contributed by atoms with Gasteiger partial charge in [-0.25, -0.2) is 9.48 Å². The maximum Gasteiger partial charge on any atom is 0.320 e. The third-order valence-electron chi connectivity index (χ3n) is 3.23. The molecule has 2 aromatic rings. The highest BCUT2D eigenvalue weighted by molar-refractivity contribution is 5.88. The molecule has 1 unspecified atom stereocenters. The van der Waals surface area contributed by atoms with Crippen LogP contribution < -0.4 is 10.6 Å². The van der Waals surface area contributed by atoms with E-state index in [1.54, 1.807) is 0 Å². The number of aryl methyl sites for hydroxylation is 3. The molecule has 2 heterocycles. The average Bonchev–Trinajstić information content (AvgIpc) is 2.96. The van der Waals surface area contributed by atoms with Gasteiger partial charge in [-0.2, -0.15) is 10.2 Å². The van der Waals surface area contributed by atoms with Gasteiger partial charge < -0.3 is 5.32 Å². The predicted octanol–water partition coefficient (Wildman–Crippen LogP) is 2.39. The number of hydrogen-bond acceptors (Lipinski definition) is 3. The van der Waals surface area contributed by atoms with E-state index in [1.807, 2.05) is 37.6 Å². The van der Waals surface area contributed by atoms with Gasteiger partial charge >= 0.3 is 6.03 Å². The minimum atomic E-state index is -0.225. The fourth-order valence-electron chi connectivity index (χ4n) is 2.35. The Labute approximate surface area is 130 Å². The first kappa shape index (κ1) is 16.1. The maximum absolute atomic E-state index is 12.1. The van der Waals surface area contributed by atoms with Crippen molar-refractivity contribution >= 4 is 11.8 Å². The van der Waals surface area contributed by atoms with E-state index in [4.69, 9.17) is 0 Å². The molecule has 0 radical (unpaired) electrons. The van der Waals surface area contributed by atoms with Crippen LogP contribution in [0.3, 0.4) is 0 Å². The predicted molar refractivity (Wildman–Crippen MR) is 85.9 cm³/mol. The lowest BCUT2D eigenvalue weighted by Gasteiger charge is -2.14. The number of urea groups is 1. The highest BCUT2D eigenvalue weighted by Gasteiger charge is 2.12. The van der Waals surface area contributed by atoms with Crippen molar-refractivity contribution in [1.29, 1.82) is 0 Å². The van der Waals surface area contributed by atoms with Gasteiger partial charge in [0, 0.05) is 30.8 Å². The lowest BCUT2D eigenvalue weighted by atomic mass is 10.2. The van der Waals surface area contributed by atoms with E-state index in [1.165, 1.54) is 0 Å². The van der Waals surface area contributed by atoms with E-state index in [0.29, 0.717) is 6.42 Å². The summed E-state index contributed by atoms with van der Waals surface area (Å²) in [7, 11) is 0. The summed E-state index contributed by atoms with van der Waals surface area (Å²) in [6.07, 6.45) is 1.65. The Hall–Kier alpha value is -2.31. The van der Waals surface area contributed by atoms with Gasteiger partial charge in [0.15, 0.2) is 0 Å². The summed E-state index contributed by atoms with van der Waals surface area (Å²) in [5.41, 5.74) is 2.85. The molecule has 3 N–H and O–H groups in total. The van der Waals surface area contributed by atoms with Crippen molar-refractivity contribution in [1.82, 2.24) is 25.3 Å². The second-order valence-corrected chi connectivity index (χ2v) is 5.64. The van der Waals surface area contributed by atoms with Crippen molar-refractivity contribution in [3.63, 3.8) is 0 Å². The van der Waals surface area contributed by atoms with E-state index < -0.39 is 0 Å². The number of H-pyrrole nitrogens is 1. The van der Waals surface area contributed by atoms with Gasteiger partial charge in [-0.05, 0) is 33.3 Å². The van der Waals surface area contributed by atoms with Crippen molar-refractivity contribution in [3.05, 3.63) is 29.2 Å². The van der Waals surface area contributed by atoms with Crippen LogP contribution in [0.4, 0.5) is 10.6 Å². The molecule has 0 aliphatic heterocycles. The maximum atomic E-state index is 12.1. The third kappa shape index (κ3) is 4.34. The average molecular weight is 304 g/mol. The van der Waals surface area contributed by atoms with Crippen molar-refractivity contribution in [3.8, 4) is 0 Å². The first-order valence-corrected chi connectivity index (χ1v) is 7.60. The Balaban J connectivity index is 1.89. The molecule has 2 rings (SSSR count). The van der Waals surface area contributed by atoms with E-state index in [0.717, 1.165) is 35.9 Å².